The minimum atomic E-state index is 0.381. The van der Waals surface area contributed by atoms with Gasteiger partial charge in [0.25, 0.3) is 0 Å². The van der Waals surface area contributed by atoms with Crippen molar-refractivity contribution in [3.05, 3.63) is 0 Å². The summed E-state index contributed by atoms with van der Waals surface area (Å²) in [6, 6.07) is 0. The fourth-order valence-electron chi connectivity index (χ4n) is 7.11. The largest absolute Gasteiger partial charge is 0.0651 e. The minimum Gasteiger partial charge on any atom is -0.0651 e. The lowest BCUT2D eigenvalue weighted by atomic mass is 9.29. The average molecular weight is 365 g/mol. The van der Waals surface area contributed by atoms with E-state index in [-0.39, 0.29) is 0 Å². The van der Waals surface area contributed by atoms with E-state index in [0.717, 1.165) is 29.6 Å². The minimum absolute atomic E-state index is 0.381. The predicted molar refractivity (Wildman–Crippen MR) is 119 cm³/mol. The molecule has 7 atom stereocenters. The Morgan fingerprint density at radius 3 is 1.73 bits per heavy atom. The quantitative estimate of drug-likeness (QED) is 0.383. The molecule has 1 rings (SSSR count). The molecule has 0 aromatic carbocycles. The summed E-state index contributed by atoms with van der Waals surface area (Å²) in [5.74, 6) is 3.97. The molecule has 156 valence electrons. The third-order valence-electron chi connectivity index (χ3n) is 10.8. The van der Waals surface area contributed by atoms with E-state index in [1.807, 2.05) is 0 Å². The summed E-state index contributed by atoms with van der Waals surface area (Å²) >= 11 is 0. The second-order valence-corrected chi connectivity index (χ2v) is 11.7. The highest BCUT2D eigenvalue weighted by molar-refractivity contribution is 5.18. The highest BCUT2D eigenvalue weighted by Gasteiger charge is 2.71. The van der Waals surface area contributed by atoms with Gasteiger partial charge in [-0.15, -0.1) is 0 Å². The summed E-state index contributed by atoms with van der Waals surface area (Å²) < 4.78 is 0. The van der Waals surface area contributed by atoms with Crippen molar-refractivity contribution in [3.63, 3.8) is 0 Å². The van der Waals surface area contributed by atoms with Gasteiger partial charge in [0.1, 0.15) is 0 Å². The summed E-state index contributed by atoms with van der Waals surface area (Å²) in [5.41, 5.74) is 1.67. The predicted octanol–water partition coefficient (Wildman–Crippen LogP) is 8.85. The van der Waals surface area contributed by atoms with Crippen molar-refractivity contribution in [2.75, 3.05) is 0 Å². The molecule has 0 heterocycles. The lowest BCUT2D eigenvalue weighted by Crippen LogP contribution is -2.70. The van der Waals surface area contributed by atoms with Crippen LogP contribution in [0.5, 0.6) is 0 Å². The van der Waals surface area contributed by atoms with Gasteiger partial charge in [-0.2, -0.15) is 0 Å². The van der Waals surface area contributed by atoms with Gasteiger partial charge in [0, 0.05) is 0 Å². The smallest absolute Gasteiger partial charge is 0.0184 e. The maximum absolute atomic E-state index is 2.68. The van der Waals surface area contributed by atoms with E-state index in [1.165, 1.54) is 25.7 Å². The van der Waals surface area contributed by atoms with Gasteiger partial charge in [0.05, 0.1) is 0 Å². The van der Waals surface area contributed by atoms with Gasteiger partial charge in [-0.3, -0.25) is 0 Å². The van der Waals surface area contributed by atoms with Crippen molar-refractivity contribution < 1.29 is 0 Å². The van der Waals surface area contributed by atoms with Crippen molar-refractivity contribution in [2.45, 2.75) is 116 Å². The molecule has 0 bridgehead atoms. The fourth-order valence-corrected chi connectivity index (χ4v) is 7.11. The van der Waals surface area contributed by atoms with Crippen molar-refractivity contribution in [1.29, 1.82) is 0 Å². The van der Waals surface area contributed by atoms with Crippen LogP contribution in [0.25, 0.3) is 0 Å². The van der Waals surface area contributed by atoms with Crippen LogP contribution in [-0.4, -0.2) is 0 Å². The molecule has 1 saturated carbocycles. The van der Waals surface area contributed by atoms with Crippen molar-refractivity contribution in [1.82, 2.24) is 0 Å². The maximum atomic E-state index is 2.68. The van der Waals surface area contributed by atoms with Gasteiger partial charge in [0.15, 0.2) is 0 Å². The Bertz CT molecular complexity index is 461. The lowest BCUT2D eigenvalue weighted by molar-refractivity contribution is -0.280. The van der Waals surface area contributed by atoms with Crippen LogP contribution in [0.2, 0.25) is 0 Å². The van der Waals surface area contributed by atoms with Crippen molar-refractivity contribution >= 4 is 0 Å². The molecule has 0 radical (unpaired) electrons. The Kier molecular flexibility index (Phi) is 7.20. The molecule has 7 unspecified atom stereocenters. The first-order valence-corrected chi connectivity index (χ1v) is 11.7. The average Bonchev–Trinajstić information content (AvgIpc) is 2.59. The topological polar surface area (TPSA) is 0 Å². The van der Waals surface area contributed by atoms with Crippen LogP contribution in [0.15, 0.2) is 0 Å². The summed E-state index contributed by atoms with van der Waals surface area (Å²) in [5, 5.41) is 0. The third-order valence-corrected chi connectivity index (χ3v) is 10.8. The molecule has 0 spiro atoms. The van der Waals surface area contributed by atoms with Crippen molar-refractivity contribution in [3.8, 4) is 0 Å². The fraction of sp³-hybridized carbons (Fsp3) is 1.00. The first kappa shape index (κ1) is 24.0. The number of rotatable bonds is 9. The van der Waals surface area contributed by atoms with Gasteiger partial charge in [0.2, 0.25) is 0 Å². The first-order valence-electron chi connectivity index (χ1n) is 11.7. The zero-order valence-corrected chi connectivity index (χ0v) is 20.7. The standard InChI is InChI=1S/C26H52/c1-14-19(6)17-25(12)21(8)22(26(25,13)23(9,10)15-2)20(7)24(11,16-3)18(4)5/h18-22H,14-17H2,1-13H3. The van der Waals surface area contributed by atoms with E-state index in [2.05, 4.69) is 90.0 Å². The number of hydrogen-bond acceptors (Lipinski definition) is 0. The molecule has 0 amide bonds. The molecule has 0 aromatic rings. The Balaban J connectivity index is 3.45. The summed E-state index contributed by atoms with van der Waals surface area (Å²) in [6.07, 6.45) is 5.27. The van der Waals surface area contributed by atoms with Crippen LogP contribution < -0.4 is 0 Å². The molecule has 0 aliphatic heterocycles. The molecule has 0 nitrogen and oxygen atoms in total. The monoisotopic (exact) mass is 364 g/mol. The summed E-state index contributed by atoms with van der Waals surface area (Å²) in [7, 11) is 0. The van der Waals surface area contributed by atoms with Crippen molar-refractivity contribution in [2.24, 2.45) is 51.2 Å². The highest BCUT2D eigenvalue weighted by Crippen LogP contribution is 2.76. The Morgan fingerprint density at radius 1 is 0.885 bits per heavy atom. The van der Waals surface area contributed by atoms with E-state index in [9.17, 15) is 0 Å². The molecule has 1 aliphatic rings. The maximum Gasteiger partial charge on any atom is -0.0184 e. The highest BCUT2D eigenvalue weighted by atomic mass is 14.7. The zero-order valence-electron chi connectivity index (χ0n) is 20.7. The number of hydrogen-bond donors (Lipinski definition) is 0. The van der Waals surface area contributed by atoms with E-state index in [1.54, 1.807) is 0 Å². The third kappa shape index (κ3) is 3.20. The van der Waals surface area contributed by atoms with Crippen LogP contribution in [-0.2, 0) is 0 Å². The van der Waals surface area contributed by atoms with Crippen LogP contribution in [0.4, 0.5) is 0 Å². The van der Waals surface area contributed by atoms with Crippen LogP contribution in [0.3, 0.4) is 0 Å². The lowest BCUT2D eigenvalue weighted by Gasteiger charge is -2.76. The van der Waals surface area contributed by atoms with Gasteiger partial charge in [-0.05, 0) is 57.7 Å². The Hall–Kier alpha value is 0. The molecule has 0 aromatic heterocycles. The second kappa shape index (κ2) is 7.79. The van der Waals surface area contributed by atoms with Crippen LogP contribution >= 0.6 is 0 Å². The van der Waals surface area contributed by atoms with Gasteiger partial charge >= 0.3 is 0 Å². The molecule has 1 aliphatic carbocycles. The molecule has 0 saturated heterocycles. The van der Waals surface area contributed by atoms with Crippen LogP contribution in [0.1, 0.15) is 116 Å². The van der Waals surface area contributed by atoms with Crippen LogP contribution in [0, 0.1) is 51.2 Å². The van der Waals surface area contributed by atoms with Gasteiger partial charge < -0.3 is 0 Å². The molecular weight excluding hydrogens is 312 g/mol. The molecule has 26 heavy (non-hydrogen) atoms. The molecular formula is C26H52. The summed E-state index contributed by atoms with van der Waals surface area (Å²) in [6.45, 7) is 32.8. The zero-order chi connectivity index (χ0) is 20.7. The van der Waals surface area contributed by atoms with E-state index >= 15 is 0 Å². The molecule has 0 heteroatoms. The Morgan fingerprint density at radius 2 is 1.38 bits per heavy atom. The molecule has 0 N–H and O–H groups in total. The SMILES string of the molecule is CCC(C)CC1(C)C(C)C(C(C)C(C)(CC)C(C)C)C1(C)C(C)(C)CC. The van der Waals surface area contributed by atoms with E-state index in [0.29, 0.717) is 21.7 Å². The van der Waals surface area contributed by atoms with Gasteiger partial charge in [-0.1, -0.05) is 109 Å². The Labute approximate surface area is 167 Å². The van der Waals surface area contributed by atoms with Gasteiger partial charge in [-0.25, -0.2) is 0 Å². The normalized spacial score (nSPS) is 37.2. The first-order chi connectivity index (χ1) is 11.7. The second-order valence-electron chi connectivity index (χ2n) is 11.7. The van der Waals surface area contributed by atoms with E-state index < -0.39 is 0 Å². The van der Waals surface area contributed by atoms with E-state index in [4.69, 9.17) is 0 Å². The molecule has 1 fully saturated rings. The summed E-state index contributed by atoms with van der Waals surface area (Å²) in [4.78, 5) is 0.